The molecule has 8 heteroatoms. The first-order chi connectivity index (χ1) is 13.4. The molecule has 1 aromatic heterocycles. The third-order valence-corrected chi connectivity index (χ3v) is 6.78. The van der Waals surface area contributed by atoms with Crippen LogP contribution in [-0.4, -0.2) is 25.1 Å². The first-order valence-electron chi connectivity index (χ1n) is 9.08. The van der Waals surface area contributed by atoms with E-state index in [-0.39, 0.29) is 18.5 Å². The highest BCUT2D eigenvalue weighted by molar-refractivity contribution is 9.11. The molecule has 0 spiro atoms. The van der Waals surface area contributed by atoms with Gasteiger partial charge in [-0.3, -0.25) is 4.79 Å². The summed E-state index contributed by atoms with van der Waals surface area (Å²) in [7, 11) is 0. The standard InChI is InChI=1S/C20H21Br2NO4S/c1-3-26-20(25)18-13-6-4-11(2)8-16(13)28-19(18)23-17(24)10-27-15-7-5-12(21)9-14(15)22/h5,7,9,11H,3-4,6,8,10H2,1-2H3,(H,23,24). The van der Waals surface area contributed by atoms with Gasteiger partial charge in [-0.1, -0.05) is 22.9 Å². The second kappa shape index (κ2) is 9.41. The fourth-order valence-electron chi connectivity index (χ4n) is 3.16. The summed E-state index contributed by atoms with van der Waals surface area (Å²) >= 11 is 8.26. The molecule has 1 atom stereocenters. The molecule has 1 heterocycles. The Labute approximate surface area is 185 Å². The number of hydrogen-bond acceptors (Lipinski definition) is 5. The van der Waals surface area contributed by atoms with Crippen molar-refractivity contribution in [2.75, 3.05) is 18.5 Å². The molecule has 1 unspecified atom stereocenters. The van der Waals surface area contributed by atoms with Gasteiger partial charge in [0.25, 0.3) is 5.91 Å². The van der Waals surface area contributed by atoms with E-state index in [1.54, 1.807) is 13.0 Å². The van der Waals surface area contributed by atoms with E-state index in [0.29, 0.717) is 28.8 Å². The number of halogens is 2. The Kier molecular flexibility index (Phi) is 7.17. The minimum absolute atomic E-state index is 0.151. The van der Waals surface area contributed by atoms with Crippen LogP contribution in [0.3, 0.4) is 0 Å². The fraction of sp³-hybridized carbons (Fsp3) is 0.400. The molecule has 28 heavy (non-hydrogen) atoms. The van der Waals surface area contributed by atoms with E-state index in [1.807, 2.05) is 12.1 Å². The molecule has 1 aromatic carbocycles. The number of hydrogen-bond donors (Lipinski definition) is 1. The van der Waals surface area contributed by atoms with Gasteiger partial charge in [0.1, 0.15) is 10.8 Å². The molecule has 150 valence electrons. The summed E-state index contributed by atoms with van der Waals surface area (Å²) < 4.78 is 12.5. The van der Waals surface area contributed by atoms with E-state index in [2.05, 4.69) is 44.1 Å². The van der Waals surface area contributed by atoms with Gasteiger partial charge in [0, 0.05) is 9.35 Å². The van der Waals surface area contributed by atoms with Crippen LogP contribution in [0, 0.1) is 5.92 Å². The van der Waals surface area contributed by atoms with Crippen LogP contribution in [0.15, 0.2) is 27.1 Å². The molecular weight excluding hydrogens is 510 g/mol. The predicted octanol–water partition coefficient (Wildman–Crippen LogP) is 5.59. The van der Waals surface area contributed by atoms with E-state index in [4.69, 9.17) is 9.47 Å². The first-order valence-corrected chi connectivity index (χ1v) is 11.5. The van der Waals surface area contributed by atoms with Crippen molar-refractivity contribution in [1.29, 1.82) is 0 Å². The van der Waals surface area contributed by atoms with Gasteiger partial charge in [-0.2, -0.15) is 0 Å². The van der Waals surface area contributed by atoms with Crippen molar-refractivity contribution >= 4 is 60.1 Å². The van der Waals surface area contributed by atoms with Crippen LogP contribution in [-0.2, 0) is 22.4 Å². The number of rotatable bonds is 6. The number of anilines is 1. The lowest BCUT2D eigenvalue weighted by atomic mass is 9.88. The third-order valence-electron chi connectivity index (χ3n) is 4.50. The predicted molar refractivity (Wildman–Crippen MR) is 117 cm³/mol. The Hall–Kier alpha value is -1.38. The van der Waals surface area contributed by atoms with Crippen LogP contribution in [0.5, 0.6) is 5.75 Å². The van der Waals surface area contributed by atoms with E-state index in [9.17, 15) is 9.59 Å². The molecule has 0 fully saturated rings. The van der Waals surface area contributed by atoms with Crippen LogP contribution in [0.4, 0.5) is 5.00 Å². The zero-order chi connectivity index (χ0) is 20.3. The number of fused-ring (bicyclic) bond motifs is 1. The third kappa shape index (κ3) is 4.96. The number of esters is 1. The van der Waals surface area contributed by atoms with Crippen LogP contribution in [0.2, 0.25) is 0 Å². The summed E-state index contributed by atoms with van der Waals surface area (Å²) in [5, 5.41) is 3.41. The molecule has 0 bridgehead atoms. The van der Waals surface area contributed by atoms with Crippen molar-refractivity contribution in [3.8, 4) is 5.75 Å². The minimum Gasteiger partial charge on any atom is -0.483 e. The van der Waals surface area contributed by atoms with Gasteiger partial charge < -0.3 is 14.8 Å². The smallest absolute Gasteiger partial charge is 0.341 e. The van der Waals surface area contributed by atoms with Crippen LogP contribution >= 0.6 is 43.2 Å². The van der Waals surface area contributed by atoms with Gasteiger partial charge in [0.15, 0.2) is 6.61 Å². The molecule has 5 nitrogen and oxygen atoms in total. The Morgan fingerprint density at radius 2 is 2.11 bits per heavy atom. The number of ether oxygens (including phenoxy) is 2. The van der Waals surface area contributed by atoms with Crippen LogP contribution < -0.4 is 10.1 Å². The van der Waals surface area contributed by atoms with Crippen molar-refractivity contribution in [1.82, 2.24) is 0 Å². The van der Waals surface area contributed by atoms with Crippen LogP contribution in [0.25, 0.3) is 0 Å². The Balaban J connectivity index is 1.75. The average Bonchev–Trinajstić information content (AvgIpc) is 2.97. The van der Waals surface area contributed by atoms with Gasteiger partial charge in [0.05, 0.1) is 16.6 Å². The first kappa shape index (κ1) is 21.3. The number of benzene rings is 1. The lowest BCUT2D eigenvalue weighted by Crippen LogP contribution is -2.21. The lowest BCUT2D eigenvalue weighted by molar-refractivity contribution is -0.118. The molecular formula is C20H21Br2NO4S. The molecule has 0 saturated carbocycles. The van der Waals surface area contributed by atoms with Gasteiger partial charge >= 0.3 is 5.97 Å². The van der Waals surface area contributed by atoms with Crippen LogP contribution in [0.1, 0.15) is 41.1 Å². The van der Waals surface area contributed by atoms with Gasteiger partial charge in [-0.25, -0.2) is 4.79 Å². The monoisotopic (exact) mass is 529 g/mol. The Morgan fingerprint density at radius 3 is 2.82 bits per heavy atom. The van der Waals surface area contributed by atoms with Crippen molar-refractivity contribution in [3.63, 3.8) is 0 Å². The SMILES string of the molecule is CCOC(=O)c1c(NC(=O)COc2ccc(Br)cc2Br)sc2c1CCC(C)C2. The topological polar surface area (TPSA) is 64.6 Å². The summed E-state index contributed by atoms with van der Waals surface area (Å²) in [4.78, 5) is 26.1. The van der Waals surface area contributed by atoms with Gasteiger partial charge in [0.2, 0.25) is 0 Å². The van der Waals surface area contributed by atoms with E-state index < -0.39 is 0 Å². The summed E-state index contributed by atoms with van der Waals surface area (Å²) in [6, 6.07) is 5.46. The highest BCUT2D eigenvalue weighted by Gasteiger charge is 2.29. The van der Waals surface area contributed by atoms with Crippen molar-refractivity contribution in [2.45, 2.75) is 33.1 Å². The maximum Gasteiger partial charge on any atom is 0.341 e. The number of carbonyl (C=O) groups excluding carboxylic acids is 2. The molecule has 3 rings (SSSR count). The molecule has 1 amide bonds. The zero-order valence-corrected chi connectivity index (χ0v) is 19.6. The normalized spacial score (nSPS) is 15.6. The molecule has 2 aromatic rings. The Bertz CT molecular complexity index is 897. The number of nitrogens with one attached hydrogen (secondary N) is 1. The maximum atomic E-state index is 12.5. The van der Waals surface area contributed by atoms with Gasteiger partial charge in [-0.05, 0) is 71.8 Å². The minimum atomic E-state index is -0.374. The molecule has 1 N–H and O–H groups in total. The molecule has 1 aliphatic rings. The fourth-order valence-corrected chi connectivity index (χ4v) is 5.73. The van der Waals surface area contributed by atoms with E-state index >= 15 is 0 Å². The van der Waals surface area contributed by atoms with Crippen molar-refractivity contribution < 1.29 is 19.1 Å². The molecule has 1 aliphatic carbocycles. The summed E-state index contributed by atoms with van der Waals surface area (Å²) in [5.41, 5.74) is 1.53. The quantitative estimate of drug-likeness (QED) is 0.494. The zero-order valence-electron chi connectivity index (χ0n) is 15.6. The second-order valence-corrected chi connectivity index (χ2v) is 9.56. The molecule has 0 aliphatic heterocycles. The molecule has 0 saturated heterocycles. The summed E-state index contributed by atoms with van der Waals surface area (Å²) in [6.07, 6.45) is 2.79. The Morgan fingerprint density at radius 1 is 1.32 bits per heavy atom. The maximum absolute atomic E-state index is 12.5. The van der Waals surface area contributed by atoms with Gasteiger partial charge in [-0.15, -0.1) is 11.3 Å². The lowest BCUT2D eigenvalue weighted by Gasteiger charge is -2.18. The molecule has 0 radical (unpaired) electrons. The van der Waals surface area contributed by atoms with E-state index in [0.717, 1.165) is 38.6 Å². The highest BCUT2D eigenvalue weighted by atomic mass is 79.9. The second-order valence-electron chi connectivity index (χ2n) is 6.69. The highest BCUT2D eigenvalue weighted by Crippen LogP contribution is 2.40. The van der Waals surface area contributed by atoms with E-state index in [1.165, 1.54) is 11.3 Å². The van der Waals surface area contributed by atoms with Crippen molar-refractivity contribution in [2.24, 2.45) is 5.92 Å². The number of thiophene rings is 1. The average molecular weight is 531 g/mol. The van der Waals surface area contributed by atoms with Crippen molar-refractivity contribution in [3.05, 3.63) is 43.1 Å². The number of carbonyl (C=O) groups is 2. The summed E-state index contributed by atoms with van der Waals surface area (Å²) in [5.74, 6) is 0.458. The largest absolute Gasteiger partial charge is 0.483 e. The number of amides is 1. The summed E-state index contributed by atoms with van der Waals surface area (Å²) in [6.45, 7) is 4.13.